The summed E-state index contributed by atoms with van der Waals surface area (Å²) in [7, 11) is 3.05. The number of methoxy groups -OCH3 is 2. The molecule has 1 aliphatic rings. The highest BCUT2D eigenvalue weighted by molar-refractivity contribution is 6.51. The molecule has 0 spiro atoms. The molecule has 2 heterocycles. The minimum atomic E-state index is -0.888. The second kappa shape index (κ2) is 8.31. The van der Waals surface area contributed by atoms with Crippen molar-refractivity contribution >= 4 is 23.1 Å². The molecule has 1 aromatic heterocycles. The summed E-state index contributed by atoms with van der Waals surface area (Å²) in [6, 6.07) is 17.8. The standard InChI is InChI=1S/C24H20N2O5/c1-30-17-11-9-16(10-12-17)26-21(19-8-3-4-13-25-19)20(23(28)24(26)29)22(27)15-6-5-7-18(14-15)31-2/h3-14,21,27H,1-2H3/b22-20-. The average molecular weight is 416 g/mol. The lowest BCUT2D eigenvalue weighted by Gasteiger charge is -2.24. The first-order valence-corrected chi connectivity index (χ1v) is 9.55. The van der Waals surface area contributed by atoms with E-state index in [-0.39, 0.29) is 11.3 Å². The Bertz CT molecular complexity index is 1160. The molecule has 7 heteroatoms. The van der Waals surface area contributed by atoms with Crippen molar-refractivity contribution in [2.75, 3.05) is 19.1 Å². The van der Waals surface area contributed by atoms with Crippen LogP contribution < -0.4 is 14.4 Å². The summed E-state index contributed by atoms with van der Waals surface area (Å²) in [5, 5.41) is 11.1. The summed E-state index contributed by atoms with van der Waals surface area (Å²) in [6.45, 7) is 0. The van der Waals surface area contributed by atoms with E-state index in [0.717, 1.165) is 0 Å². The minimum Gasteiger partial charge on any atom is -0.507 e. The number of aliphatic hydroxyl groups excluding tert-OH is 1. The van der Waals surface area contributed by atoms with Crippen molar-refractivity contribution in [2.24, 2.45) is 0 Å². The van der Waals surface area contributed by atoms with E-state index in [4.69, 9.17) is 9.47 Å². The molecule has 7 nitrogen and oxygen atoms in total. The van der Waals surface area contributed by atoms with E-state index in [0.29, 0.717) is 28.4 Å². The van der Waals surface area contributed by atoms with Gasteiger partial charge in [-0.15, -0.1) is 0 Å². The number of pyridine rings is 1. The van der Waals surface area contributed by atoms with Crippen LogP contribution in [-0.4, -0.2) is 36.0 Å². The van der Waals surface area contributed by atoms with Crippen LogP contribution in [0.4, 0.5) is 5.69 Å². The first-order valence-electron chi connectivity index (χ1n) is 9.55. The molecule has 156 valence electrons. The molecule has 1 saturated heterocycles. The normalized spacial score (nSPS) is 17.6. The molecule has 0 bridgehead atoms. The molecule has 1 atom stereocenters. The van der Waals surface area contributed by atoms with Crippen molar-refractivity contribution < 1.29 is 24.2 Å². The Morgan fingerprint density at radius 1 is 0.935 bits per heavy atom. The number of ketones is 1. The summed E-state index contributed by atoms with van der Waals surface area (Å²) in [5.41, 5.74) is 1.28. The number of aliphatic hydroxyl groups is 1. The van der Waals surface area contributed by atoms with Gasteiger partial charge in [0.25, 0.3) is 11.7 Å². The van der Waals surface area contributed by atoms with Crippen LogP contribution in [0.15, 0.2) is 78.5 Å². The van der Waals surface area contributed by atoms with Gasteiger partial charge in [0.2, 0.25) is 0 Å². The predicted molar refractivity (Wildman–Crippen MR) is 115 cm³/mol. The minimum absolute atomic E-state index is 0.0345. The maximum atomic E-state index is 13.1. The molecular weight excluding hydrogens is 396 g/mol. The lowest BCUT2D eigenvalue weighted by molar-refractivity contribution is -0.132. The monoisotopic (exact) mass is 416 g/mol. The van der Waals surface area contributed by atoms with Crippen molar-refractivity contribution in [1.29, 1.82) is 0 Å². The Kier molecular flexibility index (Phi) is 5.41. The molecule has 0 aliphatic carbocycles. The Morgan fingerprint density at radius 2 is 1.68 bits per heavy atom. The molecule has 2 aromatic carbocycles. The summed E-state index contributed by atoms with van der Waals surface area (Å²) in [5.74, 6) is -0.685. The Labute approximate surface area is 179 Å². The van der Waals surface area contributed by atoms with E-state index < -0.39 is 17.7 Å². The number of rotatable bonds is 5. The molecule has 1 amide bonds. The summed E-state index contributed by atoms with van der Waals surface area (Å²) in [6.07, 6.45) is 1.58. The molecule has 1 N–H and O–H groups in total. The number of benzene rings is 2. The van der Waals surface area contributed by atoms with Crippen molar-refractivity contribution in [2.45, 2.75) is 6.04 Å². The maximum absolute atomic E-state index is 13.1. The van der Waals surface area contributed by atoms with Crippen molar-refractivity contribution in [1.82, 2.24) is 4.98 Å². The van der Waals surface area contributed by atoms with Gasteiger partial charge in [-0.25, -0.2) is 0 Å². The molecule has 1 fully saturated rings. The zero-order chi connectivity index (χ0) is 22.0. The van der Waals surface area contributed by atoms with Gasteiger partial charge in [-0.05, 0) is 48.5 Å². The van der Waals surface area contributed by atoms with Gasteiger partial charge in [-0.3, -0.25) is 19.5 Å². The Balaban J connectivity index is 1.91. The highest BCUT2D eigenvalue weighted by Gasteiger charge is 2.47. The SMILES string of the molecule is COc1ccc(N2C(=O)C(=O)/C(=C(\O)c3cccc(OC)c3)C2c2ccccn2)cc1. The molecule has 3 aromatic rings. The number of amides is 1. The fraction of sp³-hybridized carbons (Fsp3) is 0.125. The quantitative estimate of drug-likeness (QED) is 0.387. The Hall–Kier alpha value is -4.13. The van der Waals surface area contributed by atoms with Crippen molar-refractivity contribution in [3.8, 4) is 11.5 Å². The molecule has 1 aliphatic heterocycles. The first kappa shape index (κ1) is 20.2. The number of ether oxygens (including phenoxy) is 2. The molecule has 31 heavy (non-hydrogen) atoms. The number of aromatic nitrogens is 1. The van der Waals surface area contributed by atoms with Crippen LogP contribution >= 0.6 is 0 Å². The van der Waals surface area contributed by atoms with E-state index in [1.165, 1.54) is 12.0 Å². The third-order valence-electron chi connectivity index (χ3n) is 5.11. The third kappa shape index (κ3) is 3.61. The lowest BCUT2D eigenvalue weighted by atomic mass is 9.98. The molecule has 0 radical (unpaired) electrons. The van der Waals surface area contributed by atoms with Gasteiger partial charge in [-0.1, -0.05) is 18.2 Å². The van der Waals surface area contributed by atoms with Gasteiger partial charge in [0, 0.05) is 17.4 Å². The zero-order valence-electron chi connectivity index (χ0n) is 17.0. The smallest absolute Gasteiger partial charge is 0.300 e. The van der Waals surface area contributed by atoms with Gasteiger partial charge >= 0.3 is 0 Å². The van der Waals surface area contributed by atoms with E-state index in [1.807, 2.05) is 0 Å². The maximum Gasteiger partial charge on any atom is 0.300 e. The van der Waals surface area contributed by atoms with Gasteiger partial charge in [0.15, 0.2) is 0 Å². The second-order valence-electron chi connectivity index (χ2n) is 6.85. The highest BCUT2D eigenvalue weighted by Crippen LogP contribution is 2.41. The van der Waals surface area contributed by atoms with E-state index in [1.54, 1.807) is 80.0 Å². The van der Waals surface area contributed by atoms with Gasteiger partial charge in [-0.2, -0.15) is 0 Å². The topological polar surface area (TPSA) is 89.0 Å². The van der Waals surface area contributed by atoms with E-state index in [2.05, 4.69) is 4.98 Å². The van der Waals surface area contributed by atoms with Crippen LogP contribution in [0.2, 0.25) is 0 Å². The Morgan fingerprint density at radius 3 is 2.32 bits per heavy atom. The van der Waals surface area contributed by atoms with Crippen LogP contribution in [-0.2, 0) is 9.59 Å². The highest BCUT2D eigenvalue weighted by atomic mass is 16.5. The van der Waals surface area contributed by atoms with Crippen LogP contribution in [0.25, 0.3) is 5.76 Å². The number of nitrogens with zero attached hydrogens (tertiary/aromatic N) is 2. The summed E-state index contributed by atoms with van der Waals surface area (Å²) in [4.78, 5) is 31.8. The average Bonchev–Trinajstić information content (AvgIpc) is 3.09. The van der Waals surface area contributed by atoms with Gasteiger partial charge in [0.05, 0.1) is 25.5 Å². The van der Waals surface area contributed by atoms with Crippen LogP contribution in [0, 0.1) is 0 Å². The molecule has 0 saturated carbocycles. The van der Waals surface area contributed by atoms with E-state index >= 15 is 0 Å². The molecular formula is C24H20N2O5. The second-order valence-corrected chi connectivity index (χ2v) is 6.85. The van der Waals surface area contributed by atoms with Crippen LogP contribution in [0.1, 0.15) is 17.3 Å². The number of carbonyl (C=O) groups excluding carboxylic acids is 2. The number of carbonyl (C=O) groups is 2. The molecule has 4 rings (SSSR count). The predicted octanol–water partition coefficient (Wildman–Crippen LogP) is 3.73. The molecule has 1 unspecified atom stereocenters. The van der Waals surface area contributed by atoms with E-state index in [9.17, 15) is 14.7 Å². The summed E-state index contributed by atoms with van der Waals surface area (Å²) < 4.78 is 10.4. The van der Waals surface area contributed by atoms with Gasteiger partial charge in [0.1, 0.15) is 23.3 Å². The number of hydrogen-bond donors (Lipinski definition) is 1. The number of Topliss-reactive ketones (excluding diaryl/α,β-unsaturated/α-hetero) is 1. The van der Waals surface area contributed by atoms with Gasteiger partial charge < -0.3 is 14.6 Å². The van der Waals surface area contributed by atoms with Crippen LogP contribution in [0.5, 0.6) is 11.5 Å². The fourth-order valence-corrected chi connectivity index (χ4v) is 3.59. The largest absolute Gasteiger partial charge is 0.507 e. The summed E-state index contributed by atoms with van der Waals surface area (Å²) >= 11 is 0. The first-order chi connectivity index (χ1) is 15.0. The van der Waals surface area contributed by atoms with Crippen molar-refractivity contribution in [3.63, 3.8) is 0 Å². The third-order valence-corrected chi connectivity index (χ3v) is 5.11. The fourth-order valence-electron chi connectivity index (χ4n) is 3.59. The van der Waals surface area contributed by atoms with Crippen LogP contribution in [0.3, 0.4) is 0 Å². The lowest BCUT2D eigenvalue weighted by Crippen LogP contribution is -2.29. The number of anilines is 1. The zero-order valence-corrected chi connectivity index (χ0v) is 17.0. The van der Waals surface area contributed by atoms with Crippen molar-refractivity contribution in [3.05, 3.63) is 89.8 Å². The number of hydrogen-bond acceptors (Lipinski definition) is 6.